The summed E-state index contributed by atoms with van der Waals surface area (Å²) in [5.74, 6) is 0. The molecule has 2 rings (SSSR count). The third-order valence-electron chi connectivity index (χ3n) is 3.75. The zero-order valence-corrected chi connectivity index (χ0v) is 12.1. The van der Waals surface area contributed by atoms with Crippen molar-refractivity contribution in [2.45, 2.75) is 53.0 Å². The number of rotatable bonds is 3. The third kappa shape index (κ3) is 3.09. The number of hydrogen-bond donors (Lipinski definition) is 1. The van der Waals surface area contributed by atoms with Gasteiger partial charge >= 0.3 is 0 Å². The van der Waals surface area contributed by atoms with E-state index in [9.17, 15) is 0 Å². The van der Waals surface area contributed by atoms with Gasteiger partial charge in [0, 0.05) is 30.5 Å². The van der Waals surface area contributed by atoms with Gasteiger partial charge in [-0.15, -0.1) is 0 Å². The lowest BCUT2D eigenvalue weighted by atomic mass is 10.0. The van der Waals surface area contributed by atoms with Crippen molar-refractivity contribution in [1.82, 2.24) is 15.4 Å². The van der Waals surface area contributed by atoms with Crippen molar-refractivity contribution >= 4 is 0 Å². The Hall–Kier alpha value is -0.930. The molecule has 1 fully saturated rings. The van der Waals surface area contributed by atoms with Gasteiger partial charge in [-0.1, -0.05) is 6.42 Å². The van der Waals surface area contributed by atoms with Crippen LogP contribution in [-0.4, -0.2) is 23.1 Å². The van der Waals surface area contributed by atoms with Crippen LogP contribution < -0.4 is 5.43 Å². The molecule has 1 aromatic heterocycles. The van der Waals surface area contributed by atoms with Crippen LogP contribution >= 0.6 is 0 Å². The van der Waals surface area contributed by atoms with Crippen molar-refractivity contribution in [2.75, 3.05) is 13.1 Å². The lowest BCUT2D eigenvalue weighted by Gasteiger charge is -2.31. The van der Waals surface area contributed by atoms with Gasteiger partial charge in [-0.25, -0.2) is 10.4 Å². The van der Waals surface area contributed by atoms with Crippen molar-refractivity contribution in [3.63, 3.8) is 0 Å². The number of aromatic nitrogens is 1. The van der Waals surface area contributed by atoms with E-state index in [2.05, 4.69) is 49.2 Å². The number of piperidine rings is 1. The largest absolute Gasteiger partial charge is 0.258 e. The van der Waals surface area contributed by atoms with Gasteiger partial charge in [0.25, 0.3) is 0 Å². The van der Waals surface area contributed by atoms with Gasteiger partial charge < -0.3 is 0 Å². The summed E-state index contributed by atoms with van der Waals surface area (Å²) in [7, 11) is 0. The zero-order chi connectivity index (χ0) is 13.1. The van der Waals surface area contributed by atoms with Crippen LogP contribution in [0.25, 0.3) is 0 Å². The Morgan fingerprint density at radius 2 is 1.83 bits per heavy atom. The Bertz CT molecular complexity index is 385. The Morgan fingerprint density at radius 3 is 2.44 bits per heavy atom. The molecule has 3 nitrogen and oxygen atoms in total. The molecule has 0 saturated carbocycles. The highest BCUT2D eigenvalue weighted by atomic mass is 15.5. The molecular weight excluding hydrogens is 222 g/mol. The van der Waals surface area contributed by atoms with Crippen LogP contribution in [0.4, 0.5) is 0 Å². The second kappa shape index (κ2) is 5.81. The monoisotopic (exact) mass is 247 g/mol. The first-order chi connectivity index (χ1) is 8.58. The van der Waals surface area contributed by atoms with Crippen LogP contribution in [0.2, 0.25) is 0 Å². The van der Waals surface area contributed by atoms with Crippen molar-refractivity contribution in [3.05, 3.63) is 28.6 Å². The Balaban J connectivity index is 2.10. The average Bonchev–Trinajstić information content (AvgIpc) is 2.28. The number of hydrazine groups is 1. The minimum atomic E-state index is 0.344. The minimum absolute atomic E-state index is 0.344. The van der Waals surface area contributed by atoms with Crippen LogP contribution in [0.3, 0.4) is 0 Å². The SMILES string of the molecule is Cc1cc(C)c(C(C)NN2CCCCC2)c(C)n1. The van der Waals surface area contributed by atoms with E-state index < -0.39 is 0 Å². The normalized spacial score (nSPS) is 18.9. The van der Waals surface area contributed by atoms with Crippen molar-refractivity contribution in [2.24, 2.45) is 0 Å². The van der Waals surface area contributed by atoms with E-state index in [0.29, 0.717) is 6.04 Å². The highest BCUT2D eigenvalue weighted by Crippen LogP contribution is 2.22. The van der Waals surface area contributed by atoms with Gasteiger partial charge in [0.2, 0.25) is 0 Å². The van der Waals surface area contributed by atoms with Gasteiger partial charge in [0.1, 0.15) is 0 Å². The summed E-state index contributed by atoms with van der Waals surface area (Å²) in [6.45, 7) is 10.9. The molecule has 1 aliphatic heterocycles. The highest BCUT2D eigenvalue weighted by molar-refractivity contribution is 5.33. The molecule has 3 heteroatoms. The smallest absolute Gasteiger partial charge is 0.0457 e. The van der Waals surface area contributed by atoms with Gasteiger partial charge in [-0.3, -0.25) is 4.98 Å². The summed E-state index contributed by atoms with van der Waals surface area (Å²) in [6.07, 6.45) is 3.99. The lowest BCUT2D eigenvalue weighted by Crippen LogP contribution is -2.43. The summed E-state index contributed by atoms with van der Waals surface area (Å²) in [6, 6.07) is 2.52. The van der Waals surface area contributed by atoms with E-state index in [0.717, 1.165) is 11.4 Å². The summed E-state index contributed by atoms with van der Waals surface area (Å²) in [4.78, 5) is 4.59. The maximum absolute atomic E-state index is 4.59. The van der Waals surface area contributed by atoms with Gasteiger partial charge in [-0.05, 0) is 57.7 Å². The van der Waals surface area contributed by atoms with E-state index in [4.69, 9.17) is 0 Å². The van der Waals surface area contributed by atoms with Gasteiger partial charge in [0.05, 0.1) is 0 Å². The van der Waals surface area contributed by atoms with Crippen LogP contribution in [-0.2, 0) is 0 Å². The van der Waals surface area contributed by atoms with E-state index in [1.165, 1.54) is 43.5 Å². The fourth-order valence-electron chi connectivity index (χ4n) is 3.05. The molecule has 0 radical (unpaired) electrons. The maximum atomic E-state index is 4.59. The third-order valence-corrected chi connectivity index (χ3v) is 3.75. The summed E-state index contributed by atoms with van der Waals surface area (Å²) in [5.41, 5.74) is 8.59. The second-order valence-corrected chi connectivity index (χ2v) is 5.48. The van der Waals surface area contributed by atoms with E-state index in [1.807, 2.05) is 0 Å². The molecule has 1 saturated heterocycles. The van der Waals surface area contributed by atoms with Gasteiger partial charge in [0.15, 0.2) is 0 Å². The molecule has 0 aromatic carbocycles. The van der Waals surface area contributed by atoms with E-state index >= 15 is 0 Å². The van der Waals surface area contributed by atoms with E-state index in [1.54, 1.807) is 0 Å². The first-order valence-corrected chi connectivity index (χ1v) is 7.04. The van der Waals surface area contributed by atoms with Crippen LogP contribution in [0.15, 0.2) is 6.07 Å². The van der Waals surface area contributed by atoms with Crippen LogP contribution in [0, 0.1) is 20.8 Å². The Morgan fingerprint density at radius 1 is 1.17 bits per heavy atom. The molecule has 0 spiro atoms. The molecular formula is C15H25N3. The quantitative estimate of drug-likeness (QED) is 0.889. The fourth-order valence-corrected chi connectivity index (χ4v) is 3.05. The summed E-state index contributed by atoms with van der Waals surface area (Å²) < 4.78 is 0. The molecule has 0 aliphatic carbocycles. The fraction of sp³-hybridized carbons (Fsp3) is 0.667. The maximum Gasteiger partial charge on any atom is 0.0457 e. The first kappa shape index (κ1) is 13.5. The molecule has 1 N–H and O–H groups in total. The molecule has 100 valence electrons. The van der Waals surface area contributed by atoms with Crippen LogP contribution in [0.1, 0.15) is 54.7 Å². The van der Waals surface area contributed by atoms with Gasteiger partial charge in [-0.2, -0.15) is 0 Å². The lowest BCUT2D eigenvalue weighted by molar-refractivity contribution is 0.132. The van der Waals surface area contributed by atoms with Crippen molar-refractivity contribution in [1.29, 1.82) is 0 Å². The second-order valence-electron chi connectivity index (χ2n) is 5.48. The number of hydrogen-bond acceptors (Lipinski definition) is 3. The van der Waals surface area contributed by atoms with Crippen molar-refractivity contribution < 1.29 is 0 Å². The average molecular weight is 247 g/mol. The summed E-state index contributed by atoms with van der Waals surface area (Å²) in [5, 5.41) is 2.37. The number of nitrogens with zero attached hydrogens (tertiary/aromatic N) is 2. The molecule has 1 unspecified atom stereocenters. The Labute approximate surface area is 111 Å². The highest BCUT2D eigenvalue weighted by Gasteiger charge is 2.17. The van der Waals surface area contributed by atoms with Crippen LogP contribution in [0.5, 0.6) is 0 Å². The van der Waals surface area contributed by atoms with Crippen molar-refractivity contribution in [3.8, 4) is 0 Å². The number of aryl methyl sites for hydroxylation is 3. The molecule has 0 bridgehead atoms. The predicted molar refractivity (Wildman–Crippen MR) is 75.4 cm³/mol. The van der Waals surface area contributed by atoms with E-state index in [-0.39, 0.29) is 0 Å². The molecule has 0 amide bonds. The predicted octanol–water partition coefficient (Wildman–Crippen LogP) is 3.06. The first-order valence-electron chi connectivity index (χ1n) is 7.04. The summed E-state index contributed by atoms with van der Waals surface area (Å²) >= 11 is 0. The molecule has 1 aromatic rings. The number of pyridine rings is 1. The molecule has 18 heavy (non-hydrogen) atoms. The topological polar surface area (TPSA) is 28.2 Å². The minimum Gasteiger partial charge on any atom is -0.258 e. The number of nitrogens with one attached hydrogen (secondary N) is 1. The standard InChI is InChI=1S/C15H25N3/c1-11-10-12(2)16-13(3)15(11)14(4)17-18-8-6-5-7-9-18/h10,14,17H,5-9H2,1-4H3. The zero-order valence-electron chi connectivity index (χ0n) is 12.1. The molecule has 1 aliphatic rings. The Kier molecular flexibility index (Phi) is 4.36. The molecule has 1 atom stereocenters. The molecule has 2 heterocycles.